The second-order valence-electron chi connectivity index (χ2n) is 12.7. The predicted molar refractivity (Wildman–Crippen MR) is 162 cm³/mol. The van der Waals surface area contributed by atoms with Gasteiger partial charge in [0.1, 0.15) is 0 Å². The smallest absolute Gasteiger partial charge is 0.172 e. The molecule has 0 saturated heterocycles. The van der Waals surface area contributed by atoms with Crippen LogP contribution in [-0.4, -0.2) is 36.8 Å². The van der Waals surface area contributed by atoms with E-state index in [-0.39, 0.29) is 0 Å². The second-order valence-corrected chi connectivity index (χ2v) is 12.7. The van der Waals surface area contributed by atoms with Gasteiger partial charge >= 0.3 is 0 Å². The Morgan fingerprint density at radius 2 is 0.842 bits per heavy atom. The van der Waals surface area contributed by atoms with Gasteiger partial charge < -0.3 is 9.80 Å². The number of aryl methyl sites for hydroxylation is 4. The minimum Gasteiger partial charge on any atom is -0.321 e. The summed E-state index contributed by atoms with van der Waals surface area (Å²) in [5.74, 6) is 3.62. The number of rotatable bonds is 5. The van der Waals surface area contributed by atoms with Crippen LogP contribution in [0.1, 0.15) is 86.5 Å². The highest BCUT2D eigenvalue weighted by Crippen LogP contribution is 2.37. The third-order valence-corrected chi connectivity index (χ3v) is 9.45. The Morgan fingerprint density at radius 1 is 0.500 bits per heavy atom. The zero-order valence-corrected chi connectivity index (χ0v) is 24.0. The molecular weight excluding hydrogens is 464 g/mol. The first-order valence-corrected chi connectivity index (χ1v) is 15.3. The normalized spacial score (nSPS) is 25.2. The first-order chi connectivity index (χ1) is 18.4. The molecule has 2 fully saturated rings. The quantitative estimate of drug-likeness (QED) is 0.409. The van der Waals surface area contributed by atoms with Crippen molar-refractivity contribution in [2.24, 2.45) is 21.8 Å². The van der Waals surface area contributed by atoms with E-state index >= 15 is 0 Å². The topological polar surface area (TPSA) is 31.2 Å². The summed E-state index contributed by atoms with van der Waals surface area (Å²) in [5, 5.41) is 0. The van der Waals surface area contributed by atoms with Crippen LogP contribution in [0.25, 0.3) is 0 Å². The number of benzene rings is 2. The molecule has 0 amide bonds. The standard InChI is InChI=1S/C34H46N4/c1-23-15-24(2)18-29(17-23)37-21-31(27-11-7-5-8-12-27)35-33(37)34-36-32(28-13-9-6-10-14-28)22-38(34)30-19-25(3)16-26(4)20-30/h15-20,27-28,31-32H,5-14,21-22H2,1-4H3. The average molecular weight is 511 g/mol. The lowest BCUT2D eigenvalue weighted by molar-refractivity contribution is 0.315. The molecule has 2 saturated carbocycles. The molecule has 2 aliphatic heterocycles. The van der Waals surface area contributed by atoms with E-state index in [1.807, 2.05) is 0 Å². The highest BCUT2D eigenvalue weighted by atomic mass is 15.4. The van der Waals surface area contributed by atoms with E-state index in [9.17, 15) is 0 Å². The molecule has 4 heteroatoms. The first kappa shape index (κ1) is 25.6. The summed E-state index contributed by atoms with van der Waals surface area (Å²) in [6.07, 6.45) is 13.5. The second kappa shape index (κ2) is 10.9. The van der Waals surface area contributed by atoms with Crippen LogP contribution >= 0.6 is 0 Å². The maximum Gasteiger partial charge on any atom is 0.172 e. The van der Waals surface area contributed by atoms with Crippen molar-refractivity contribution in [3.05, 3.63) is 58.7 Å². The van der Waals surface area contributed by atoms with Crippen LogP contribution in [0, 0.1) is 39.5 Å². The zero-order chi connectivity index (χ0) is 26.2. The van der Waals surface area contributed by atoms with Gasteiger partial charge in [-0.25, -0.2) is 0 Å². The molecular formula is C34H46N4. The van der Waals surface area contributed by atoms with Crippen LogP contribution in [-0.2, 0) is 0 Å². The fourth-order valence-electron chi connectivity index (χ4n) is 7.65. The number of aliphatic imine (C=N–C) groups is 2. The number of nitrogens with zero attached hydrogens (tertiary/aromatic N) is 4. The molecule has 0 aromatic heterocycles. The molecule has 0 radical (unpaired) electrons. The van der Waals surface area contributed by atoms with Crippen molar-refractivity contribution in [1.82, 2.24) is 0 Å². The van der Waals surface area contributed by atoms with E-state index in [1.165, 1.54) is 97.8 Å². The number of amidine groups is 2. The van der Waals surface area contributed by atoms with Gasteiger partial charge in [-0.1, -0.05) is 50.7 Å². The molecule has 2 atom stereocenters. The van der Waals surface area contributed by atoms with E-state index in [0.29, 0.717) is 23.9 Å². The third kappa shape index (κ3) is 5.28. The lowest BCUT2D eigenvalue weighted by Gasteiger charge is -2.29. The Morgan fingerprint density at radius 3 is 1.18 bits per heavy atom. The summed E-state index contributed by atoms with van der Waals surface area (Å²) < 4.78 is 0. The minimum atomic E-state index is 0.364. The van der Waals surface area contributed by atoms with Gasteiger partial charge in [0.25, 0.3) is 0 Å². The summed E-state index contributed by atoms with van der Waals surface area (Å²) in [6, 6.07) is 14.7. The minimum absolute atomic E-state index is 0.364. The van der Waals surface area contributed by atoms with Gasteiger partial charge in [0.05, 0.1) is 12.1 Å². The molecule has 4 aliphatic rings. The zero-order valence-electron chi connectivity index (χ0n) is 24.0. The highest BCUT2D eigenvalue weighted by molar-refractivity contribution is 6.50. The molecule has 202 valence electrons. The average Bonchev–Trinajstić information content (AvgIpc) is 3.54. The van der Waals surface area contributed by atoms with E-state index in [2.05, 4.69) is 73.9 Å². The summed E-state index contributed by atoms with van der Waals surface area (Å²) in [6.45, 7) is 10.8. The largest absolute Gasteiger partial charge is 0.321 e. The van der Waals surface area contributed by atoms with Crippen molar-refractivity contribution in [1.29, 1.82) is 0 Å². The molecule has 2 aromatic rings. The molecule has 2 unspecified atom stereocenters. The molecule has 38 heavy (non-hydrogen) atoms. The molecule has 0 bridgehead atoms. The Kier molecular flexibility index (Phi) is 7.33. The van der Waals surface area contributed by atoms with Gasteiger partial charge in [0, 0.05) is 24.5 Å². The molecule has 0 spiro atoms. The SMILES string of the molecule is Cc1cc(C)cc(N2CC(C3CCCCC3)N=C2C2=NC(C3CCCCC3)CN2c2cc(C)cc(C)c2)c1. The van der Waals surface area contributed by atoms with Crippen LogP contribution in [0.5, 0.6) is 0 Å². The summed E-state index contributed by atoms with van der Waals surface area (Å²) in [4.78, 5) is 16.2. The van der Waals surface area contributed by atoms with Gasteiger partial charge in [-0.3, -0.25) is 9.98 Å². The number of hydrogen-bond donors (Lipinski definition) is 0. The van der Waals surface area contributed by atoms with Gasteiger partial charge in [-0.05, 0) is 112 Å². The summed E-state index contributed by atoms with van der Waals surface area (Å²) >= 11 is 0. The lowest BCUT2D eigenvalue weighted by Crippen LogP contribution is -2.42. The third-order valence-electron chi connectivity index (χ3n) is 9.45. The van der Waals surface area contributed by atoms with Crippen LogP contribution in [0.15, 0.2) is 46.4 Å². The number of hydrogen-bond acceptors (Lipinski definition) is 4. The van der Waals surface area contributed by atoms with Gasteiger partial charge in [0.2, 0.25) is 0 Å². The molecule has 4 nitrogen and oxygen atoms in total. The highest BCUT2D eigenvalue weighted by Gasteiger charge is 2.41. The maximum atomic E-state index is 5.58. The van der Waals surface area contributed by atoms with Crippen LogP contribution in [0.3, 0.4) is 0 Å². The van der Waals surface area contributed by atoms with Crippen molar-refractivity contribution in [2.75, 3.05) is 22.9 Å². The van der Waals surface area contributed by atoms with Gasteiger partial charge in [-0.2, -0.15) is 0 Å². The van der Waals surface area contributed by atoms with E-state index in [1.54, 1.807) is 0 Å². The summed E-state index contributed by atoms with van der Waals surface area (Å²) in [7, 11) is 0. The lowest BCUT2D eigenvalue weighted by atomic mass is 9.84. The van der Waals surface area contributed by atoms with Gasteiger partial charge in [-0.15, -0.1) is 0 Å². The van der Waals surface area contributed by atoms with E-state index in [0.717, 1.165) is 24.8 Å². The Balaban J connectivity index is 1.43. The van der Waals surface area contributed by atoms with Crippen molar-refractivity contribution in [3.63, 3.8) is 0 Å². The number of anilines is 2. The Bertz CT molecular complexity index is 1080. The fraction of sp³-hybridized carbons (Fsp3) is 0.588. The summed E-state index contributed by atoms with van der Waals surface area (Å²) in [5.41, 5.74) is 7.84. The first-order valence-electron chi connectivity index (χ1n) is 15.3. The van der Waals surface area contributed by atoms with Crippen molar-refractivity contribution in [2.45, 2.75) is 104 Å². The van der Waals surface area contributed by atoms with Crippen LogP contribution in [0.4, 0.5) is 11.4 Å². The van der Waals surface area contributed by atoms with Crippen LogP contribution in [0.2, 0.25) is 0 Å². The predicted octanol–water partition coefficient (Wildman–Crippen LogP) is 7.96. The van der Waals surface area contributed by atoms with E-state index < -0.39 is 0 Å². The fourth-order valence-corrected chi connectivity index (χ4v) is 7.65. The van der Waals surface area contributed by atoms with Crippen molar-refractivity contribution < 1.29 is 0 Å². The van der Waals surface area contributed by atoms with Crippen LogP contribution < -0.4 is 9.80 Å². The molecule has 2 aliphatic carbocycles. The molecule has 0 N–H and O–H groups in total. The Labute approximate surface area is 230 Å². The van der Waals surface area contributed by atoms with Gasteiger partial charge in [0.15, 0.2) is 11.7 Å². The maximum absolute atomic E-state index is 5.58. The molecule has 2 heterocycles. The van der Waals surface area contributed by atoms with E-state index in [4.69, 9.17) is 9.98 Å². The molecule has 2 aromatic carbocycles. The van der Waals surface area contributed by atoms with Crippen molar-refractivity contribution >= 4 is 23.0 Å². The van der Waals surface area contributed by atoms with Crippen molar-refractivity contribution in [3.8, 4) is 0 Å². The monoisotopic (exact) mass is 510 g/mol. The molecule has 6 rings (SSSR count). The Hall–Kier alpha value is -2.62.